The van der Waals surface area contributed by atoms with Gasteiger partial charge in [0.25, 0.3) is 0 Å². The number of nitrogens with zero attached hydrogens (tertiary/aromatic N) is 6. The fourth-order valence-electron chi connectivity index (χ4n) is 5.02. The molecule has 39 heavy (non-hydrogen) atoms. The monoisotopic (exact) mass is 530 g/mol. The summed E-state index contributed by atoms with van der Waals surface area (Å²) in [5, 5.41) is 8.65. The molecule has 0 bridgehead atoms. The summed E-state index contributed by atoms with van der Waals surface area (Å²) in [5.41, 5.74) is 9.10. The molecule has 11 nitrogen and oxygen atoms in total. The highest BCUT2D eigenvalue weighted by atomic mass is 16.5. The molecule has 4 heterocycles. The van der Waals surface area contributed by atoms with Crippen molar-refractivity contribution < 1.29 is 14.2 Å². The lowest BCUT2D eigenvalue weighted by molar-refractivity contribution is -0.0370. The third-order valence-electron chi connectivity index (χ3n) is 7.22. The quantitative estimate of drug-likeness (QED) is 0.333. The molecular weight excluding hydrogens is 496 g/mol. The molecule has 4 aromatic rings. The van der Waals surface area contributed by atoms with Gasteiger partial charge in [-0.05, 0) is 50.6 Å². The first kappa shape index (κ1) is 25.2. The number of ether oxygens (including phenoxy) is 3. The van der Waals surface area contributed by atoms with Crippen molar-refractivity contribution in [2.75, 3.05) is 62.9 Å². The second-order valence-electron chi connectivity index (χ2n) is 9.97. The standard InChI is InChI=1S/C28H34N8O3/c1-34-11-13-35(14-12-34)20-9-10-23(24(17-20)37-2)31-28-32-26-22(18-30-36(26)25-8-3-4-15-38-25)27(33-28)39-21-7-5-6-19(29)16-21/h5-7,9-10,16-18,25H,3-4,8,11-15,29H2,1-2H3,(H,31,32,33). The summed E-state index contributed by atoms with van der Waals surface area (Å²) >= 11 is 0. The van der Waals surface area contributed by atoms with Gasteiger partial charge in [0.2, 0.25) is 11.8 Å². The lowest BCUT2D eigenvalue weighted by atomic mass is 10.2. The summed E-state index contributed by atoms with van der Waals surface area (Å²) in [6.45, 7) is 4.72. The Kier molecular flexibility index (Phi) is 7.08. The number of nitrogen functional groups attached to an aromatic ring is 1. The minimum absolute atomic E-state index is 0.184. The second kappa shape index (κ2) is 11.0. The van der Waals surface area contributed by atoms with Crippen LogP contribution in [-0.4, -0.2) is 71.6 Å². The Morgan fingerprint density at radius 1 is 1.05 bits per heavy atom. The number of fused-ring (bicyclic) bond motifs is 1. The molecule has 6 rings (SSSR count). The first-order valence-electron chi connectivity index (χ1n) is 13.4. The van der Waals surface area contributed by atoms with Gasteiger partial charge in [-0.25, -0.2) is 4.68 Å². The van der Waals surface area contributed by atoms with Gasteiger partial charge in [0, 0.05) is 56.3 Å². The van der Waals surface area contributed by atoms with E-state index in [2.05, 4.69) is 39.4 Å². The van der Waals surface area contributed by atoms with Crippen molar-refractivity contribution in [1.29, 1.82) is 0 Å². The van der Waals surface area contributed by atoms with Crippen LogP contribution in [0, 0.1) is 0 Å². The number of nitrogens with two attached hydrogens (primary N) is 1. The van der Waals surface area contributed by atoms with Crippen LogP contribution in [0.25, 0.3) is 11.0 Å². The number of hydrogen-bond acceptors (Lipinski definition) is 10. The maximum Gasteiger partial charge on any atom is 0.235 e. The summed E-state index contributed by atoms with van der Waals surface area (Å²) in [7, 11) is 3.82. The van der Waals surface area contributed by atoms with Crippen LogP contribution >= 0.6 is 0 Å². The molecule has 0 aliphatic carbocycles. The molecule has 0 amide bonds. The van der Waals surface area contributed by atoms with Crippen LogP contribution in [0.2, 0.25) is 0 Å². The van der Waals surface area contributed by atoms with Crippen molar-refractivity contribution in [2.45, 2.75) is 25.5 Å². The summed E-state index contributed by atoms with van der Waals surface area (Å²) < 4.78 is 19.8. The molecule has 2 aliphatic heterocycles. The fraction of sp³-hybridized carbons (Fsp3) is 0.393. The zero-order valence-electron chi connectivity index (χ0n) is 22.3. The number of methoxy groups -OCH3 is 1. The predicted octanol–water partition coefficient (Wildman–Crippen LogP) is 4.40. The second-order valence-corrected chi connectivity index (χ2v) is 9.97. The molecule has 0 spiro atoms. The van der Waals surface area contributed by atoms with Crippen molar-refractivity contribution in [3.8, 4) is 17.4 Å². The van der Waals surface area contributed by atoms with Gasteiger partial charge in [0.1, 0.15) is 16.9 Å². The number of hydrogen-bond donors (Lipinski definition) is 2. The van der Waals surface area contributed by atoms with Crippen LogP contribution in [0.15, 0.2) is 48.7 Å². The van der Waals surface area contributed by atoms with Gasteiger partial charge in [-0.15, -0.1) is 0 Å². The number of rotatable bonds is 7. The molecule has 2 saturated heterocycles. The maximum atomic E-state index is 6.21. The van der Waals surface area contributed by atoms with Gasteiger partial charge in [0.05, 0.1) is 19.0 Å². The molecule has 2 aromatic carbocycles. The molecule has 2 fully saturated rings. The Labute approximate surface area is 227 Å². The minimum atomic E-state index is -0.184. The molecule has 1 unspecified atom stereocenters. The molecule has 0 saturated carbocycles. The SMILES string of the molecule is COc1cc(N2CCN(C)CC2)ccc1Nc1nc(Oc2cccc(N)c2)c2cnn(C3CCCCO3)c2n1. The van der Waals surface area contributed by atoms with Crippen molar-refractivity contribution >= 4 is 34.0 Å². The fourth-order valence-corrected chi connectivity index (χ4v) is 5.02. The molecule has 1 atom stereocenters. The van der Waals surface area contributed by atoms with Crippen LogP contribution in [-0.2, 0) is 4.74 Å². The lowest BCUT2D eigenvalue weighted by Gasteiger charge is -2.34. The molecule has 204 valence electrons. The first-order chi connectivity index (χ1) is 19.1. The number of piperazine rings is 1. The van der Waals surface area contributed by atoms with Gasteiger partial charge in [-0.3, -0.25) is 0 Å². The maximum absolute atomic E-state index is 6.21. The molecule has 0 radical (unpaired) electrons. The van der Waals surface area contributed by atoms with E-state index in [9.17, 15) is 0 Å². The van der Waals surface area contributed by atoms with E-state index >= 15 is 0 Å². The Balaban J connectivity index is 1.35. The highest BCUT2D eigenvalue weighted by Crippen LogP contribution is 2.35. The molecule has 2 aromatic heterocycles. The Morgan fingerprint density at radius 2 is 1.92 bits per heavy atom. The number of nitrogens with one attached hydrogen (secondary N) is 1. The lowest BCUT2D eigenvalue weighted by Crippen LogP contribution is -2.44. The van der Waals surface area contributed by atoms with E-state index in [1.807, 2.05) is 28.9 Å². The van der Waals surface area contributed by atoms with Crippen molar-refractivity contribution in [3.05, 3.63) is 48.7 Å². The zero-order valence-corrected chi connectivity index (χ0v) is 22.3. The largest absolute Gasteiger partial charge is 0.494 e. The van der Waals surface area contributed by atoms with Crippen molar-refractivity contribution in [1.82, 2.24) is 24.6 Å². The molecular formula is C28H34N8O3. The van der Waals surface area contributed by atoms with Crippen LogP contribution in [0.5, 0.6) is 17.4 Å². The third kappa shape index (κ3) is 5.41. The summed E-state index contributed by atoms with van der Waals surface area (Å²) in [5.74, 6) is 2.03. The van der Waals surface area contributed by atoms with Crippen LogP contribution in [0.1, 0.15) is 25.5 Å². The highest BCUT2D eigenvalue weighted by Gasteiger charge is 2.23. The topological polar surface area (TPSA) is 116 Å². The Morgan fingerprint density at radius 3 is 2.69 bits per heavy atom. The van der Waals surface area contributed by atoms with Crippen molar-refractivity contribution in [3.63, 3.8) is 0 Å². The number of likely N-dealkylation sites (N-methyl/N-ethyl adjacent to an activating group) is 1. The predicted molar refractivity (Wildman–Crippen MR) is 151 cm³/mol. The number of benzene rings is 2. The van der Waals surface area contributed by atoms with E-state index < -0.39 is 0 Å². The van der Waals surface area contributed by atoms with Crippen LogP contribution < -0.4 is 25.4 Å². The molecule has 11 heteroatoms. The molecule has 3 N–H and O–H groups in total. The zero-order chi connectivity index (χ0) is 26.8. The average molecular weight is 531 g/mol. The normalized spacial score (nSPS) is 18.3. The number of aromatic nitrogens is 4. The Hall–Kier alpha value is -4.09. The minimum Gasteiger partial charge on any atom is -0.494 e. The van der Waals surface area contributed by atoms with Gasteiger partial charge in [-0.2, -0.15) is 15.1 Å². The van der Waals surface area contributed by atoms with E-state index in [1.165, 1.54) is 0 Å². The summed E-state index contributed by atoms with van der Waals surface area (Å²) in [6, 6.07) is 13.4. The summed E-state index contributed by atoms with van der Waals surface area (Å²) in [4.78, 5) is 14.3. The first-order valence-corrected chi connectivity index (χ1v) is 13.4. The summed E-state index contributed by atoms with van der Waals surface area (Å²) in [6.07, 6.45) is 4.54. The van der Waals surface area contributed by atoms with Crippen LogP contribution in [0.4, 0.5) is 23.0 Å². The smallest absolute Gasteiger partial charge is 0.235 e. The third-order valence-corrected chi connectivity index (χ3v) is 7.22. The van der Waals surface area contributed by atoms with Crippen LogP contribution in [0.3, 0.4) is 0 Å². The Bertz CT molecular complexity index is 1440. The van der Waals surface area contributed by atoms with E-state index in [1.54, 1.807) is 19.4 Å². The van der Waals surface area contributed by atoms with E-state index in [-0.39, 0.29) is 6.23 Å². The van der Waals surface area contributed by atoms with Gasteiger partial charge in [0.15, 0.2) is 11.9 Å². The highest BCUT2D eigenvalue weighted by molar-refractivity contribution is 5.82. The van der Waals surface area contributed by atoms with Gasteiger partial charge >= 0.3 is 0 Å². The van der Waals surface area contributed by atoms with E-state index in [4.69, 9.17) is 29.9 Å². The number of anilines is 4. The van der Waals surface area contributed by atoms with E-state index in [0.717, 1.165) is 56.8 Å². The van der Waals surface area contributed by atoms with Crippen molar-refractivity contribution in [2.24, 2.45) is 0 Å². The van der Waals surface area contributed by atoms with Gasteiger partial charge in [-0.1, -0.05) is 6.07 Å². The van der Waals surface area contributed by atoms with Gasteiger partial charge < -0.3 is 35.1 Å². The van der Waals surface area contributed by atoms with E-state index in [0.29, 0.717) is 46.7 Å². The average Bonchev–Trinajstić information content (AvgIpc) is 3.39. The molecule has 2 aliphatic rings.